The van der Waals surface area contributed by atoms with Gasteiger partial charge in [-0.1, -0.05) is 25.0 Å². The fraction of sp³-hybridized carbons (Fsp3) is 0.625. The minimum atomic E-state index is -0.511. The third kappa shape index (κ3) is 3.07. The summed E-state index contributed by atoms with van der Waals surface area (Å²) in [6.07, 6.45) is 5.01. The number of aliphatic hydroxyl groups is 1. The summed E-state index contributed by atoms with van der Waals surface area (Å²) in [5.74, 6) is 1.69. The molecule has 110 valence electrons. The summed E-state index contributed by atoms with van der Waals surface area (Å²) in [7, 11) is 0. The van der Waals surface area contributed by atoms with E-state index in [0.29, 0.717) is 26.3 Å². The summed E-state index contributed by atoms with van der Waals surface area (Å²) in [5, 5.41) is 13.7. The molecule has 0 radical (unpaired) electrons. The molecular weight excluding hydrogens is 254 g/mol. The van der Waals surface area contributed by atoms with E-state index in [2.05, 4.69) is 11.4 Å². The molecule has 3 rings (SSSR count). The lowest BCUT2D eigenvalue weighted by atomic mass is 10.0. The minimum absolute atomic E-state index is 0.511. The second kappa shape index (κ2) is 6.02. The number of rotatable bonds is 4. The Morgan fingerprint density at radius 1 is 1.10 bits per heavy atom. The van der Waals surface area contributed by atoms with E-state index in [4.69, 9.17) is 9.47 Å². The standard InChI is InChI=1S/C16H23NO3/c18-16(7-1-2-8-16)12-17-11-13-5-3-6-14-15(13)20-10-4-9-19-14/h3,5-6,17-18H,1-2,4,7-12H2. The van der Waals surface area contributed by atoms with Gasteiger partial charge in [-0.15, -0.1) is 0 Å². The molecular formula is C16H23NO3. The first-order valence-corrected chi connectivity index (χ1v) is 7.57. The summed E-state index contributed by atoms with van der Waals surface area (Å²) in [4.78, 5) is 0. The van der Waals surface area contributed by atoms with Crippen LogP contribution in [0.4, 0.5) is 0 Å². The zero-order valence-electron chi connectivity index (χ0n) is 11.9. The van der Waals surface area contributed by atoms with Crippen molar-refractivity contribution in [1.29, 1.82) is 0 Å². The van der Waals surface area contributed by atoms with Crippen molar-refractivity contribution < 1.29 is 14.6 Å². The Morgan fingerprint density at radius 3 is 2.75 bits per heavy atom. The van der Waals surface area contributed by atoms with Gasteiger partial charge in [-0.25, -0.2) is 0 Å². The third-order valence-electron chi connectivity index (χ3n) is 4.16. The molecule has 2 N–H and O–H groups in total. The molecule has 4 nitrogen and oxygen atoms in total. The Kier molecular flexibility index (Phi) is 4.13. The summed E-state index contributed by atoms with van der Waals surface area (Å²) in [5.41, 5.74) is 0.592. The van der Waals surface area contributed by atoms with E-state index in [9.17, 15) is 5.11 Å². The van der Waals surface area contributed by atoms with Crippen molar-refractivity contribution in [3.63, 3.8) is 0 Å². The van der Waals surface area contributed by atoms with Crippen LogP contribution in [0.15, 0.2) is 18.2 Å². The van der Waals surface area contributed by atoms with Gasteiger partial charge in [0, 0.05) is 25.1 Å². The number of nitrogens with one attached hydrogen (secondary N) is 1. The molecule has 0 saturated heterocycles. The van der Waals surface area contributed by atoms with Crippen LogP contribution in [-0.2, 0) is 6.54 Å². The molecule has 0 unspecified atom stereocenters. The molecule has 1 fully saturated rings. The van der Waals surface area contributed by atoms with Crippen LogP contribution in [-0.4, -0.2) is 30.5 Å². The predicted octanol–water partition coefficient (Wildman–Crippen LogP) is 2.24. The fourth-order valence-electron chi connectivity index (χ4n) is 3.03. The van der Waals surface area contributed by atoms with E-state index >= 15 is 0 Å². The quantitative estimate of drug-likeness (QED) is 0.886. The summed E-state index contributed by atoms with van der Waals surface area (Å²) in [6, 6.07) is 6.00. The SMILES string of the molecule is OC1(CNCc2cccc3c2OCCCO3)CCCC1. The Morgan fingerprint density at radius 2 is 1.90 bits per heavy atom. The molecule has 4 heteroatoms. The number of para-hydroxylation sites is 1. The highest BCUT2D eigenvalue weighted by atomic mass is 16.5. The highest BCUT2D eigenvalue weighted by Crippen LogP contribution is 2.33. The van der Waals surface area contributed by atoms with Crippen molar-refractivity contribution in [3.8, 4) is 11.5 Å². The summed E-state index contributed by atoms with van der Waals surface area (Å²) >= 11 is 0. The van der Waals surface area contributed by atoms with E-state index in [1.54, 1.807) is 0 Å². The van der Waals surface area contributed by atoms with Gasteiger partial charge in [0.25, 0.3) is 0 Å². The van der Waals surface area contributed by atoms with Crippen LogP contribution < -0.4 is 14.8 Å². The zero-order valence-corrected chi connectivity index (χ0v) is 11.9. The van der Waals surface area contributed by atoms with Crippen LogP contribution in [0.5, 0.6) is 11.5 Å². The van der Waals surface area contributed by atoms with Gasteiger partial charge >= 0.3 is 0 Å². The number of ether oxygens (including phenoxy) is 2. The maximum Gasteiger partial charge on any atom is 0.165 e. The number of hydrogen-bond acceptors (Lipinski definition) is 4. The first-order valence-electron chi connectivity index (χ1n) is 7.57. The molecule has 0 bridgehead atoms. The van der Waals surface area contributed by atoms with Gasteiger partial charge in [0.1, 0.15) is 0 Å². The van der Waals surface area contributed by atoms with Gasteiger partial charge in [-0.3, -0.25) is 0 Å². The molecule has 1 aliphatic heterocycles. The Hall–Kier alpha value is -1.26. The van der Waals surface area contributed by atoms with Gasteiger partial charge in [-0.05, 0) is 18.9 Å². The van der Waals surface area contributed by atoms with E-state index in [1.165, 1.54) is 0 Å². The topological polar surface area (TPSA) is 50.7 Å². The predicted molar refractivity (Wildman–Crippen MR) is 77.2 cm³/mol. The van der Waals surface area contributed by atoms with Crippen molar-refractivity contribution in [2.24, 2.45) is 0 Å². The zero-order chi connectivity index (χ0) is 13.8. The molecule has 1 saturated carbocycles. The van der Waals surface area contributed by atoms with Gasteiger partial charge < -0.3 is 19.9 Å². The summed E-state index contributed by atoms with van der Waals surface area (Å²) in [6.45, 7) is 2.77. The van der Waals surface area contributed by atoms with Crippen molar-refractivity contribution in [2.75, 3.05) is 19.8 Å². The van der Waals surface area contributed by atoms with Crippen molar-refractivity contribution in [2.45, 2.75) is 44.2 Å². The Bertz CT molecular complexity index is 455. The smallest absolute Gasteiger partial charge is 0.165 e. The minimum Gasteiger partial charge on any atom is -0.490 e. The second-order valence-electron chi connectivity index (χ2n) is 5.83. The first kappa shape index (κ1) is 13.7. The molecule has 0 amide bonds. The maximum absolute atomic E-state index is 10.3. The van der Waals surface area contributed by atoms with E-state index < -0.39 is 5.60 Å². The van der Waals surface area contributed by atoms with Crippen molar-refractivity contribution in [1.82, 2.24) is 5.32 Å². The molecule has 0 atom stereocenters. The largest absolute Gasteiger partial charge is 0.490 e. The van der Waals surface area contributed by atoms with Crippen LogP contribution in [0, 0.1) is 0 Å². The van der Waals surface area contributed by atoms with Crippen molar-refractivity contribution in [3.05, 3.63) is 23.8 Å². The first-order chi connectivity index (χ1) is 9.77. The van der Waals surface area contributed by atoms with Crippen LogP contribution in [0.1, 0.15) is 37.7 Å². The van der Waals surface area contributed by atoms with Crippen LogP contribution in [0.3, 0.4) is 0 Å². The molecule has 1 aromatic rings. The third-order valence-corrected chi connectivity index (χ3v) is 4.16. The van der Waals surface area contributed by atoms with E-state index in [1.807, 2.05) is 12.1 Å². The number of benzene rings is 1. The van der Waals surface area contributed by atoms with Crippen LogP contribution in [0.2, 0.25) is 0 Å². The Balaban J connectivity index is 1.62. The number of hydrogen-bond donors (Lipinski definition) is 2. The lowest BCUT2D eigenvalue weighted by Crippen LogP contribution is -2.37. The fourth-order valence-corrected chi connectivity index (χ4v) is 3.03. The Labute approximate surface area is 120 Å². The molecule has 1 heterocycles. The number of fused-ring (bicyclic) bond motifs is 1. The van der Waals surface area contributed by atoms with Crippen molar-refractivity contribution >= 4 is 0 Å². The molecule has 1 aromatic carbocycles. The highest BCUT2D eigenvalue weighted by molar-refractivity contribution is 5.47. The van der Waals surface area contributed by atoms with Crippen LogP contribution >= 0.6 is 0 Å². The molecule has 20 heavy (non-hydrogen) atoms. The summed E-state index contributed by atoms with van der Waals surface area (Å²) < 4.78 is 11.5. The molecule has 2 aliphatic rings. The average Bonchev–Trinajstić information content (AvgIpc) is 2.74. The van der Waals surface area contributed by atoms with Crippen LogP contribution in [0.25, 0.3) is 0 Å². The second-order valence-corrected chi connectivity index (χ2v) is 5.83. The molecule has 1 aliphatic carbocycles. The van der Waals surface area contributed by atoms with Gasteiger partial charge in [-0.2, -0.15) is 0 Å². The average molecular weight is 277 g/mol. The highest BCUT2D eigenvalue weighted by Gasteiger charge is 2.30. The lowest BCUT2D eigenvalue weighted by molar-refractivity contribution is 0.0474. The normalized spacial score (nSPS) is 20.6. The van der Waals surface area contributed by atoms with Gasteiger partial charge in [0.15, 0.2) is 11.5 Å². The maximum atomic E-state index is 10.3. The molecule has 0 spiro atoms. The van der Waals surface area contributed by atoms with E-state index in [0.717, 1.165) is 49.2 Å². The van der Waals surface area contributed by atoms with Gasteiger partial charge in [0.05, 0.1) is 18.8 Å². The van der Waals surface area contributed by atoms with E-state index in [-0.39, 0.29) is 0 Å². The van der Waals surface area contributed by atoms with Gasteiger partial charge in [0.2, 0.25) is 0 Å². The lowest BCUT2D eigenvalue weighted by Gasteiger charge is -2.23. The molecule has 0 aromatic heterocycles. The monoisotopic (exact) mass is 277 g/mol.